The summed E-state index contributed by atoms with van der Waals surface area (Å²) >= 11 is 6.10. The van der Waals surface area contributed by atoms with E-state index in [1.54, 1.807) is 18.5 Å². The molecule has 4 nitrogen and oxygen atoms in total. The number of nitrogens with one attached hydrogen (secondary N) is 1. The third kappa shape index (κ3) is 3.10. The van der Waals surface area contributed by atoms with Crippen molar-refractivity contribution in [1.29, 1.82) is 0 Å². The first-order chi connectivity index (χ1) is 9.26. The molecule has 2 aromatic rings. The molecular weight excluding hydrogens is 264 g/mol. The van der Waals surface area contributed by atoms with Gasteiger partial charge >= 0.3 is 0 Å². The van der Waals surface area contributed by atoms with Gasteiger partial charge in [-0.3, -0.25) is 9.78 Å². The number of hydrogen-bond donors (Lipinski definition) is 2. The molecule has 0 fully saturated rings. The predicted octanol–water partition coefficient (Wildman–Crippen LogP) is 2.18. The van der Waals surface area contributed by atoms with Crippen LogP contribution in [-0.4, -0.2) is 23.1 Å². The summed E-state index contributed by atoms with van der Waals surface area (Å²) in [4.78, 5) is 14.5. The second kappa shape index (κ2) is 6.31. The van der Waals surface area contributed by atoms with Crippen LogP contribution in [0.3, 0.4) is 0 Å². The second-order valence-electron chi connectivity index (χ2n) is 4.00. The SMILES string of the molecule is O=CNC(CO)c1ccc(-c2cnccc2Cl)cc1. The van der Waals surface area contributed by atoms with Crippen molar-refractivity contribution in [3.8, 4) is 11.1 Å². The number of amides is 1. The van der Waals surface area contributed by atoms with Crippen LogP contribution in [0.4, 0.5) is 0 Å². The van der Waals surface area contributed by atoms with E-state index in [1.165, 1.54) is 0 Å². The summed E-state index contributed by atoms with van der Waals surface area (Å²) < 4.78 is 0. The highest BCUT2D eigenvalue weighted by atomic mass is 35.5. The molecule has 0 spiro atoms. The van der Waals surface area contributed by atoms with Crippen LogP contribution in [0.5, 0.6) is 0 Å². The van der Waals surface area contributed by atoms with Gasteiger partial charge in [0, 0.05) is 18.0 Å². The molecule has 0 saturated heterocycles. The Morgan fingerprint density at radius 2 is 2.05 bits per heavy atom. The summed E-state index contributed by atoms with van der Waals surface area (Å²) in [5.74, 6) is 0. The Bertz CT molecular complexity index is 558. The summed E-state index contributed by atoms with van der Waals surface area (Å²) in [6.45, 7) is -0.147. The molecule has 0 aliphatic heterocycles. The van der Waals surface area contributed by atoms with E-state index in [2.05, 4.69) is 10.3 Å². The van der Waals surface area contributed by atoms with Gasteiger partial charge in [0.2, 0.25) is 6.41 Å². The Morgan fingerprint density at radius 1 is 1.32 bits per heavy atom. The molecule has 1 amide bonds. The quantitative estimate of drug-likeness (QED) is 0.823. The zero-order chi connectivity index (χ0) is 13.7. The third-order valence-electron chi connectivity index (χ3n) is 2.84. The Hall–Kier alpha value is -1.91. The summed E-state index contributed by atoms with van der Waals surface area (Å²) in [5.41, 5.74) is 2.61. The summed E-state index contributed by atoms with van der Waals surface area (Å²) in [7, 11) is 0. The molecule has 1 heterocycles. The molecule has 19 heavy (non-hydrogen) atoms. The summed E-state index contributed by atoms with van der Waals surface area (Å²) in [5, 5.41) is 12.4. The fourth-order valence-corrected chi connectivity index (χ4v) is 2.04. The molecule has 5 heteroatoms. The number of pyridine rings is 1. The lowest BCUT2D eigenvalue weighted by molar-refractivity contribution is -0.110. The van der Waals surface area contributed by atoms with Gasteiger partial charge < -0.3 is 10.4 Å². The van der Waals surface area contributed by atoms with Crippen LogP contribution in [0.2, 0.25) is 5.02 Å². The highest BCUT2D eigenvalue weighted by Gasteiger charge is 2.09. The van der Waals surface area contributed by atoms with Crippen LogP contribution in [0.15, 0.2) is 42.7 Å². The minimum atomic E-state index is -0.393. The number of rotatable bonds is 5. The predicted molar refractivity (Wildman–Crippen MR) is 73.7 cm³/mol. The number of aliphatic hydroxyl groups is 1. The summed E-state index contributed by atoms with van der Waals surface area (Å²) in [6, 6.07) is 8.79. The average molecular weight is 277 g/mol. The van der Waals surface area contributed by atoms with Crippen molar-refractivity contribution < 1.29 is 9.90 Å². The van der Waals surface area contributed by atoms with Crippen LogP contribution < -0.4 is 5.32 Å². The molecule has 1 aromatic heterocycles. The Kier molecular flexibility index (Phi) is 4.49. The number of benzene rings is 1. The van der Waals surface area contributed by atoms with Gasteiger partial charge in [-0.05, 0) is 17.2 Å². The topological polar surface area (TPSA) is 62.2 Å². The third-order valence-corrected chi connectivity index (χ3v) is 3.17. The van der Waals surface area contributed by atoms with Crippen molar-refractivity contribution in [2.45, 2.75) is 6.04 Å². The lowest BCUT2D eigenvalue weighted by Crippen LogP contribution is -2.22. The highest BCUT2D eigenvalue weighted by molar-refractivity contribution is 6.33. The van der Waals surface area contributed by atoms with Crippen LogP contribution in [0.25, 0.3) is 11.1 Å². The lowest BCUT2D eigenvalue weighted by atomic mass is 10.0. The molecule has 98 valence electrons. The molecular formula is C14H13ClN2O2. The minimum Gasteiger partial charge on any atom is -0.394 e. The van der Waals surface area contributed by atoms with E-state index in [-0.39, 0.29) is 6.61 Å². The van der Waals surface area contributed by atoms with Crippen molar-refractivity contribution in [2.24, 2.45) is 0 Å². The van der Waals surface area contributed by atoms with Gasteiger partial charge in [0.05, 0.1) is 17.7 Å². The Balaban J connectivity index is 2.28. The molecule has 1 aromatic carbocycles. The fraction of sp³-hybridized carbons (Fsp3) is 0.143. The summed E-state index contributed by atoms with van der Waals surface area (Å²) in [6.07, 6.45) is 3.91. The number of aromatic nitrogens is 1. The van der Waals surface area contributed by atoms with E-state index in [0.29, 0.717) is 11.4 Å². The van der Waals surface area contributed by atoms with E-state index in [1.807, 2.05) is 24.3 Å². The molecule has 2 N–H and O–H groups in total. The van der Waals surface area contributed by atoms with Crippen LogP contribution in [0, 0.1) is 0 Å². The number of halogens is 1. The van der Waals surface area contributed by atoms with Crippen molar-refractivity contribution >= 4 is 18.0 Å². The molecule has 0 aliphatic carbocycles. The molecule has 2 rings (SSSR count). The van der Waals surface area contributed by atoms with Crippen LogP contribution in [0.1, 0.15) is 11.6 Å². The van der Waals surface area contributed by atoms with Gasteiger partial charge in [-0.25, -0.2) is 0 Å². The first-order valence-electron chi connectivity index (χ1n) is 5.76. The van der Waals surface area contributed by atoms with E-state index in [0.717, 1.165) is 16.7 Å². The standard InChI is InChI=1S/C14H13ClN2O2/c15-13-5-6-16-7-12(13)10-1-3-11(4-2-10)14(8-18)17-9-19/h1-7,9,14,18H,8H2,(H,17,19). The maximum absolute atomic E-state index is 10.4. The van der Waals surface area contributed by atoms with Gasteiger partial charge in [0.25, 0.3) is 0 Å². The van der Waals surface area contributed by atoms with Gasteiger partial charge in [-0.15, -0.1) is 0 Å². The lowest BCUT2D eigenvalue weighted by Gasteiger charge is -2.14. The number of nitrogens with zero attached hydrogens (tertiary/aromatic N) is 1. The maximum atomic E-state index is 10.4. The number of aliphatic hydroxyl groups excluding tert-OH is 1. The van der Waals surface area contributed by atoms with Gasteiger partial charge in [0.15, 0.2) is 0 Å². The monoisotopic (exact) mass is 276 g/mol. The van der Waals surface area contributed by atoms with Gasteiger partial charge in [-0.2, -0.15) is 0 Å². The van der Waals surface area contributed by atoms with Gasteiger partial charge in [0.1, 0.15) is 0 Å². The van der Waals surface area contributed by atoms with Crippen molar-refractivity contribution in [2.75, 3.05) is 6.61 Å². The molecule has 0 saturated carbocycles. The minimum absolute atomic E-state index is 0.147. The zero-order valence-electron chi connectivity index (χ0n) is 10.1. The van der Waals surface area contributed by atoms with Crippen molar-refractivity contribution in [3.63, 3.8) is 0 Å². The first kappa shape index (κ1) is 13.5. The Labute approximate surface area is 116 Å². The smallest absolute Gasteiger partial charge is 0.207 e. The van der Waals surface area contributed by atoms with Crippen molar-refractivity contribution in [3.05, 3.63) is 53.3 Å². The zero-order valence-corrected chi connectivity index (χ0v) is 10.8. The molecule has 0 radical (unpaired) electrons. The largest absolute Gasteiger partial charge is 0.394 e. The van der Waals surface area contributed by atoms with E-state index in [4.69, 9.17) is 11.6 Å². The molecule has 1 unspecified atom stereocenters. The number of carbonyl (C=O) groups excluding carboxylic acids is 1. The highest BCUT2D eigenvalue weighted by Crippen LogP contribution is 2.27. The first-order valence-corrected chi connectivity index (χ1v) is 6.14. The van der Waals surface area contributed by atoms with E-state index >= 15 is 0 Å². The van der Waals surface area contributed by atoms with Crippen LogP contribution in [-0.2, 0) is 4.79 Å². The van der Waals surface area contributed by atoms with Crippen molar-refractivity contribution in [1.82, 2.24) is 10.3 Å². The van der Waals surface area contributed by atoms with E-state index < -0.39 is 6.04 Å². The van der Waals surface area contributed by atoms with Crippen LogP contribution >= 0.6 is 11.6 Å². The fourth-order valence-electron chi connectivity index (χ4n) is 1.82. The Morgan fingerprint density at radius 3 is 2.63 bits per heavy atom. The number of carbonyl (C=O) groups is 1. The maximum Gasteiger partial charge on any atom is 0.207 e. The average Bonchev–Trinajstić information content (AvgIpc) is 2.46. The van der Waals surface area contributed by atoms with Gasteiger partial charge in [-0.1, -0.05) is 35.9 Å². The molecule has 0 bridgehead atoms. The normalized spacial score (nSPS) is 11.9. The number of hydrogen-bond acceptors (Lipinski definition) is 3. The molecule has 1 atom stereocenters. The van der Waals surface area contributed by atoms with E-state index in [9.17, 15) is 9.90 Å². The molecule has 0 aliphatic rings. The second-order valence-corrected chi connectivity index (χ2v) is 4.40.